The van der Waals surface area contributed by atoms with Gasteiger partial charge in [0.1, 0.15) is 5.82 Å². The monoisotopic (exact) mass is 356 g/mol. The van der Waals surface area contributed by atoms with E-state index in [1.54, 1.807) is 12.1 Å². The van der Waals surface area contributed by atoms with Crippen molar-refractivity contribution in [2.24, 2.45) is 5.92 Å². The van der Waals surface area contributed by atoms with Gasteiger partial charge in [-0.1, -0.05) is 29.8 Å². The van der Waals surface area contributed by atoms with Crippen LogP contribution in [0, 0.1) is 11.7 Å². The van der Waals surface area contributed by atoms with Crippen molar-refractivity contribution < 1.29 is 4.39 Å². The lowest BCUT2D eigenvalue weighted by Gasteiger charge is -2.46. The molecule has 4 heteroatoms. The lowest BCUT2D eigenvalue weighted by Crippen LogP contribution is -2.61. The Morgan fingerprint density at radius 3 is 2.81 bits per heavy atom. The molecule has 1 aliphatic rings. The Hall–Kier alpha value is -0.450. The molecule has 1 fully saturated rings. The zero-order valence-electron chi connectivity index (χ0n) is 13.4. The molecule has 1 saturated heterocycles. The molecule has 2 rings (SSSR count). The average Bonchev–Trinajstić information content (AvgIpc) is 2.37. The standard InChI is InChI=1S/C17H26BrFN2/c1-12(2)7-15-10-21(17(3,4)11-20-15)9-13-8-14(18)5-6-16(13)19/h5-6,8,12,15,20H,7,9-11H2,1-4H3. The topological polar surface area (TPSA) is 15.3 Å². The molecule has 2 nitrogen and oxygen atoms in total. The van der Waals surface area contributed by atoms with Crippen LogP contribution in [0.2, 0.25) is 0 Å². The highest BCUT2D eigenvalue weighted by Crippen LogP contribution is 2.25. The number of nitrogens with one attached hydrogen (secondary N) is 1. The van der Waals surface area contributed by atoms with Crippen molar-refractivity contribution in [3.8, 4) is 0 Å². The third kappa shape index (κ3) is 4.51. The first kappa shape index (κ1) is 16.9. The molecule has 21 heavy (non-hydrogen) atoms. The molecular weight excluding hydrogens is 331 g/mol. The summed E-state index contributed by atoms with van der Waals surface area (Å²) in [4.78, 5) is 2.40. The summed E-state index contributed by atoms with van der Waals surface area (Å²) in [5.41, 5.74) is 0.810. The minimum atomic E-state index is -0.118. The number of nitrogens with zero attached hydrogens (tertiary/aromatic N) is 1. The molecule has 1 atom stereocenters. The summed E-state index contributed by atoms with van der Waals surface area (Å²) in [7, 11) is 0. The third-order valence-electron chi connectivity index (χ3n) is 4.25. The van der Waals surface area contributed by atoms with Gasteiger partial charge in [0.25, 0.3) is 0 Å². The van der Waals surface area contributed by atoms with E-state index in [0.717, 1.165) is 29.5 Å². The minimum Gasteiger partial charge on any atom is -0.311 e. The normalized spacial score (nSPS) is 22.7. The van der Waals surface area contributed by atoms with Crippen molar-refractivity contribution in [1.29, 1.82) is 0 Å². The number of hydrogen-bond donors (Lipinski definition) is 1. The van der Waals surface area contributed by atoms with Crippen molar-refractivity contribution in [2.45, 2.75) is 52.2 Å². The van der Waals surface area contributed by atoms with Crippen molar-refractivity contribution in [3.63, 3.8) is 0 Å². The van der Waals surface area contributed by atoms with Gasteiger partial charge in [-0.3, -0.25) is 4.90 Å². The molecule has 1 heterocycles. The Kier molecular flexibility index (Phi) is 5.44. The molecule has 1 aromatic rings. The Balaban J connectivity index is 2.12. The van der Waals surface area contributed by atoms with Crippen LogP contribution in [0.5, 0.6) is 0 Å². The molecule has 0 spiro atoms. The van der Waals surface area contributed by atoms with Gasteiger partial charge in [-0.25, -0.2) is 4.39 Å². The molecular formula is C17H26BrFN2. The number of piperazine rings is 1. The van der Waals surface area contributed by atoms with Crippen molar-refractivity contribution in [3.05, 3.63) is 34.1 Å². The number of rotatable bonds is 4. The molecule has 0 bridgehead atoms. The van der Waals surface area contributed by atoms with Crippen LogP contribution in [0.3, 0.4) is 0 Å². The average molecular weight is 357 g/mol. The maximum atomic E-state index is 14.0. The van der Waals surface area contributed by atoms with Gasteiger partial charge in [-0.15, -0.1) is 0 Å². The van der Waals surface area contributed by atoms with Crippen LogP contribution in [-0.4, -0.2) is 29.6 Å². The van der Waals surface area contributed by atoms with Gasteiger partial charge in [-0.2, -0.15) is 0 Å². The fraction of sp³-hybridized carbons (Fsp3) is 0.647. The molecule has 0 aromatic heterocycles. The minimum absolute atomic E-state index is 0.0439. The Morgan fingerprint density at radius 1 is 1.43 bits per heavy atom. The Morgan fingerprint density at radius 2 is 2.14 bits per heavy atom. The summed E-state index contributed by atoms with van der Waals surface area (Å²) in [6, 6.07) is 5.68. The quantitative estimate of drug-likeness (QED) is 0.869. The van der Waals surface area contributed by atoms with Gasteiger partial charge in [0.05, 0.1) is 0 Å². The molecule has 0 amide bonds. The number of benzene rings is 1. The van der Waals surface area contributed by atoms with Gasteiger partial charge >= 0.3 is 0 Å². The molecule has 1 aliphatic heterocycles. The summed E-state index contributed by atoms with van der Waals surface area (Å²) in [6.45, 7) is 11.5. The van der Waals surface area contributed by atoms with Crippen LogP contribution >= 0.6 is 15.9 Å². The highest BCUT2D eigenvalue weighted by atomic mass is 79.9. The Labute approximate surface area is 136 Å². The molecule has 1 N–H and O–H groups in total. The molecule has 118 valence electrons. The molecule has 0 saturated carbocycles. The van der Waals surface area contributed by atoms with Gasteiger partial charge in [-0.05, 0) is 44.4 Å². The van der Waals surface area contributed by atoms with E-state index in [9.17, 15) is 4.39 Å². The molecule has 1 unspecified atom stereocenters. The fourth-order valence-corrected chi connectivity index (χ4v) is 3.37. The third-order valence-corrected chi connectivity index (χ3v) is 4.74. The fourth-order valence-electron chi connectivity index (χ4n) is 2.96. The van der Waals surface area contributed by atoms with E-state index < -0.39 is 0 Å². The van der Waals surface area contributed by atoms with Gasteiger partial charge in [0.15, 0.2) is 0 Å². The summed E-state index contributed by atoms with van der Waals surface area (Å²) < 4.78 is 15.0. The first-order valence-corrected chi connectivity index (χ1v) is 8.49. The zero-order chi connectivity index (χ0) is 15.6. The Bertz CT molecular complexity index is 488. The van der Waals surface area contributed by atoms with Crippen molar-refractivity contribution >= 4 is 15.9 Å². The van der Waals surface area contributed by atoms with Gasteiger partial charge in [0.2, 0.25) is 0 Å². The van der Waals surface area contributed by atoms with Crippen molar-refractivity contribution in [1.82, 2.24) is 10.2 Å². The van der Waals surface area contributed by atoms with E-state index in [-0.39, 0.29) is 11.4 Å². The van der Waals surface area contributed by atoms with Crippen LogP contribution in [0.15, 0.2) is 22.7 Å². The van der Waals surface area contributed by atoms with E-state index in [0.29, 0.717) is 18.5 Å². The van der Waals surface area contributed by atoms with E-state index in [4.69, 9.17) is 0 Å². The largest absolute Gasteiger partial charge is 0.311 e. The van der Waals surface area contributed by atoms with Gasteiger partial charge in [0, 0.05) is 41.3 Å². The van der Waals surface area contributed by atoms with Crippen LogP contribution in [0.4, 0.5) is 4.39 Å². The number of halogens is 2. The summed E-state index contributed by atoms with van der Waals surface area (Å²) >= 11 is 3.44. The molecule has 0 radical (unpaired) electrons. The SMILES string of the molecule is CC(C)CC1CN(Cc2cc(Br)ccc2F)C(C)(C)CN1. The predicted octanol–water partition coefficient (Wildman–Crippen LogP) is 4.19. The second kappa shape index (κ2) is 6.76. The maximum Gasteiger partial charge on any atom is 0.127 e. The maximum absolute atomic E-state index is 14.0. The lowest BCUT2D eigenvalue weighted by molar-refractivity contribution is 0.0526. The zero-order valence-corrected chi connectivity index (χ0v) is 15.0. The van der Waals surface area contributed by atoms with Crippen LogP contribution < -0.4 is 5.32 Å². The second-order valence-corrected chi connectivity index (χ2v) is 8.05. The molecule has 1 aromatic carbocycles. The first-order chi connectivity index (χ1) is 9.78. The van der Waals surface area contributed by atoms with E-state index >= 15 is 0 Å². The van der Waals surface area contributed by atoms with Crippen LogP contribution in [-0.2, 0) is 6.54 Å². The highest BCUT2D eigenvalue weighted by molar-refractivity contribution is 9.10. The summed E-state index contributed by atoms with van der Waals surface area (Å²) in [6.07, 6.45) is 1.16. The van der Waals surface area contributed by atoms with Crippen LogP contribution in [0.25, 0.3) is 0 Å². The smallest absolute Gasteiger partial charge is 0.127 e. The second-order valence-electron chi connectivity index (χ2n) is 7.14. The summed E-state index contributed by atoms with van der Waals surface area (Å²) in [5.74, 6) is 0.557. The van der Waals surface area contributed by atoms with E-state index in [1.165, 1.54) is 0 Å². The van der Waals surface area contributed by atoms with E-state index in [2.05, 4.69) is 53.8 Å². The van der Waals surface area contributed by atoms with E-state index in [1.807, 2.05) is 6.07 Å². The predicted molar refractivity (Wildman–Crippen MR) is 89.8 cm³/mol. The first-order valence-electron chi connectivity index (χ1n) is 7.70. The lowest BCUT2D eigenvalue weighted by atomic mass is 9.93. The number of hydrogen-bond acceptors (Lipinski definition) is 2. The van der Waals surface area contributed by atoms with Crippen LogP contribution in [0.1, 0.15) is 39.7 Å². The highest BCUT2D eigenvalue weighted by Gasteiger charge is 2.34. The van der Waals surface area contributed by atoms with Gasteiger partial charge < -0.3 is 5.32 Å². The van der Waals surface area contributed by atoms with Crippen molar-refractivity contribution in [2.75, 3.05) is 13.1 Å². The summed E-state index contributed by atoms with van der Waals surface area (Å²) in [5, 5.41) is 3.64. The molecule has 0 aliphatic carbocycles.